The maximum absolute atomic E-state index is 14.2. The molecule has 1 fully saturated rings. The minimum absolute atomic E-state index is 0.144. The van der Waals surface area contributed by atoms with Gasteiger partial charge in [-0.05, 0) is 42.9 Å². The molecule has 0 saturated heterocycles. The first-order valence-electron chi connectivity index (χ1n) is 10.4. The molecule has 150 valence electrons. The molecule has 1 saturated carbocycles. The molecule has 1 aliphatic carbocycles. The van der Waals surface area contributed by atoms with E-state index in [0.29, 0.717) is 13.0 Å². The van der Waals surface area contributed by atoms with Crippen molar-refractivity contribution in [1.82, 2.24) is 0 Å². The smallest absolute Gasteiger partial charge is 0.239 e. The van der Waals surface area contributed by atoms with Crippen molar-refractivity contribution < 1.29 is 16.4 Å². The summed E-state index contributed by atoms with van der Waals surface area (Å²) >= 11 is 5.45. The van der Waals surface area contributed by atoms with Crippen molar-refractivity contribution in [2.75, 3.05) is 4.90 Å². The predicted octanol–water partition coefficient (Wildman–Crippen LogP) is 5.42. The number of anilines is 1. The van der Waals surface area contributed by atoms with Crippen LogP contribution in [0.5, 0.6) is 0 Å². The molecule has 2 aliphatic rings. The van der Waals surface area contributed by atoms with Crippen LogP contribution in [0, 0.1) is 17.0 Å². The molecule has 0 bridgehead atoms. The van der Waals surface area contributed by atoms with Crippen LogP contribution in [-0.2, 0) is 17.8 Å². The molecule has 0 aromatic heterocycles. The Hall–Kier alpha value is -2.91. The second kappa shape index (κ2) is 7.73. The van der Waals surface area contributed by atoms with Crippen LogP contribution < -0.4 is 4.90 Å². The van der Waals surface area contributed by atoms with E-state index in [1.54, 1.807) is 0 Å². The molecule has 4 heteroatoms. The Balaban J connectivity index is 1.65. The number of rotatable bonds is 4. The Bertz CT molecular complexity index is 1110. The van der Waals surface area contributed by atoms with E-state index in [2.05, 4.69) is 24.3 Å². The van der Waals surface area contributed by atoms with Gasteiger partial charge in [0.05, 0.1) is 23.3 Å². The average molecular weight is 416 g/mol. The van der Waals surface area contributed by atoms with Gasteiger partial charge in [0.25, 0.3) is 0 Å². The van der Waals surface area contributed by atoms with Gasteiger partial charge in [-0.15, -0.1) is 0 Å². The number of nitrogens with zero attached hydrogens (tertiary/aromatic N) is 2. The number of aliphatic imine (C=N–C) groups is 1. The van der Waals surface area contributed by atoms with Crippen LogP contribution in [0.3, 0.4) is 0 Å². The lowest BCUT2D eigenvalue weighted by molar-refractivity contribution is -0.288. The molecule has 0 radical (unpaired) electrons. The van der Waals surface area contributed by atoms with Crippen molar-refractivity contribution in [2.45, 2.75) is 32.2 Å². The van der Waals surface area contributed by atoms with E-state index in [-0.39, 0.29) is 5.91 Å². The van der Waals surface area contributed by atoms with Crippen LogP contribution in [-0.4, -0.2) is 11.6 Å². The zero-order chi connectivity index (χ0) is 20.6. The molecule has 3 aromatic carbocycles. The summed E-state index contributed by atoms with van der Waals surface area (Å²) in [5.74, 6) is 0.144. The molecule has 30 heavy (non-hydrogen) atoms. The molecule has 3 nitrogen and oxygen atoms in total. The molecule has 1 unspecified atom stereocenters. The Morgan fingerprint density at radius 3 is 2.37 bits per heavy atom. The molecule has 0 N–H and O–H groups in total. The minimum atomic E-state index is -0.587. The second-order valence-corrected chi connectivity index (χ2v) is 8.66. The Morgan fingerprint density at radius 2 is 1.63 bits per heavy atom. The Kier molecular flexibility index (Phi) is 4.92. The van der Waals surface area contributed by atoms with E-state index in [1.807, 2.05) is 59.5 Å². The third kappa shape index (κ3) is 3.33. The Labute approximate surface area is 182 Å². The quantitative estimate of drug-likeness (QED) is 0.560. The van der Waals surface area contributed by atoms with Crippen molar-refractivity contribution in [3.8, 4) is 0 Å². The van der Waals surface area contributed by atoms with E-state index in [4.69, 9.17) is 16.6 Å². The normalized spacial score (nSPS) is 20.4. The Morgan fingerprint density at radius 1 is 0.933 bits per heavy atom. The van der Waals surface area contributed by atoms with E-state index in [1.165, 1.54) is 5.56 Å². The van der Waals surface area contributed by atoms with E-state index in [0.717, 1.165) is 46.9 Å². The molecule has 1 aliphatic heterocycles. The average Bonchev–Trinajstić information content (AvgIpc) is 3.14. The van der Waals surface area contributed by atoms with Gasteiger partial charge in [-0.25, -0.2) is 0 Å². The first-order chi connectivity index (χ1) is 14.7. The number of hydrogen-bond donors (Lipinski definition) is 0. The second-order valence-electron chi connectivity index (χ2n) is 8.18. The van der Waals surface area contributed by atoms with E-state index >= 15 is 0 Å². The third-order valence-electron chi connectivity index (χ3n) is 6.25. The SMILES string of the molecule is O=C1N(Cc2ccccc2)c2cc([ClH+])ccc2N=C2CCCC12Cc1ccccc1. The molecule has 0 spiro atoms. The number of amides is 1. The number of carbonyl (C=O) groups is 1. The van der Waals surface area contributed by atoms with Crippen LogP contribution in [0.25, 0.3) is 0 Å². The maximum Gasteiger partial charge on any atom is 0.239 e. The van der Waals surface area contributed by atoms with Crippen LogP contribution in [0.15, 0.2) is 83.9 Å². The van der Waals surface area contributed by atoms with E-state index < -0.39 is 5.41 Å². The predicted molar refractivity (Wildman–Crippen MR) is 118 cm³/mol. The van der Waals surface area contributed by atoms with Crippen molar-refractivity contribution in [3.05, 3.63) is 95.0 Å². The molecular formula is C26H24ClN2O+. The third-order valence-corrected chi connectivity index (χ3v) is 6.50. The zero-order valence-electron chi connectivity index (χ0n) is 16.8. The summed E-state index contributed by atoms with van der Waals surface area (Å²) in [6.45, 7) is 0.519. The van der Waals surface area contributed by atoms with Crippen molar-refractivity contribution in [3.63, 3.8) is 0 Å². The standard InChI is InChI=1S/C26H24ClN2O/c27-21-13-14-22-23(16-21)29(18-20-10-5-2-6-11-20)25(30)26(15-7-12-24(26)28-22)17-19-8-3-1-4-9-19/h1-6,8-11,13-14,16,27H,7,12,15,17-18H2/q+1. The fourth-order valence-electron chi connectivity index (χ4n) is 4.79. The first-order valence-corrected chi connectivity index (χ1v) is 10.9. The highest BCUT2D eigenvalue weighted by Gasteiger charge is 2.50. The van der Waals surface area contributed by atoms with Crippen molar-refractivity contribution >= 4 is 23.0 Å². The lowest BCUT2D eigenvalue weighted by Gasteiger charge is -2.33. The highest BCUT2D eigenvalue weighted by atomic mass is 35.5. The molecule has 5 rings (SSSR count). The number of halogens is 1. The van der Waals surface area contributed by atoms with Crippen LogP contribution in [0.4, 0.5) is 11.4 Å². The zero-order valence-corrected chi connectivity index (χ0v) is 17.6. The van der Waals surface area contributed by atoms with Crippen LogP contribution >= 0.6 is 0 Å². The summed E-state index contributed by atoms with van der Waals surface area (Å²) in [5.41, 5.74) is 4.38. The van der Waals surface area contributed by atoms with Gasteiger partial charge < -0.3 is 4.90 Å². The fraction of sp³-hybridized carbons (Fsp3) is 0.231. The topological polar surface area (TPSA) is 32.7 Å². The largest absolute Gasteiger partial charge is 0.305 e. The summed E-state index contributed by atoms with van der Waals surface area (Å²) in [4.78, 5) is 21.2. The van der Waals surface area contributed by atoms with Crippen LogP contribution in [0.1, 0.15) is 30.4 Å². The lowest BCUT2D eigenvalue weighted by Crippen LogP contribution is -2.46. The van der Waals surface area contributed by atoms with Gasteiger partial charge in [-0.3, -0.25) is 9.79 Å². The van der Waals surface area contributed by atoms with Crippen molar-refractivity contribution in [2.24, 2.45) is 10.4 Å². The van der Waals surface area contributed by atoms with Gasteiger partial charge in [0.2, 0.25) is 10.9 Å². The molecule has 1 atom stereocenters. The fourth-order valence-corrected chi connectivity index (χ4v) is 4.97. The molecule has 1 heterocycles. The number of carbonyl (C=O) groups excluding carboxylic acids is 1. The van der Waals surface area contributed by atoms with Gasteiger partial charge in [0.15, 0.2) is 11.6 Å². The summed E-state index contributed by atoms with van der Waals surface area (Å²) in [5, 5.41) is 0.726. The van der Waals surface area contributed by atoms with Gasteiger partial charge in [0.1, 0.15) is 0 Å². The maximum atomic E-state index is 14.2. The summed E-state index contributed by atoms with van der Waals surface area (Å²) < 4.78 is 0. The number of hydrogen-bond acceptors (Lipinski definition) is 2. The summed E-state index contributed by atoms with van der Waals surface area (Å²) in [6, 6.07) is 26.3. The molecular weight excluding hydrogens is 392 g/mol. The van der Waals surface area contributed by atoms with Gasteiger partial charge >= 0.3 is 0 Å². The highest BCUT2D eigenvalue weighted by Crippen LogP contribution is 2.47. The molecule has 1 amide bonds. The minimum Gasteiger partial charge on any atom is -0.305 e. The molecule has 3 aromatic rings. The lowest BCUT2D eigenvalue weighted by atomic mass is 9.77. The summed E-state index contributed by atoms with van der Waals surface area (Å²) in [7, 11) is 0. The van der Waals surface area contributed by atoms with Crippen LogP contribution in [0.2, 0.25) is 5.02 Å². The van der Waals surface area contributed by atoms with Gasteiger partial charge in [-0.2, -0.15) is 0 Å². The first kappa shape index (κ1) is 19.1. The summed E-state index contributed by atoms with van der Waals surface area (Å²) in [6.07, 6.45) is 3.38. The number of fused-ring (bicyclic) bond motifs is 2. The van der Waals surface area contributed by atoms with Gasteiger partial charge in [0, 0.05) is 17.8 Å². The van der Waals surface area contributed by atoms with Crippen molar-refractivity contribution in [1.29, 1.82) is 0 Å². The number of benzene rings is 3. The highest BCUT2D eigenvalue weighted by molar-refractivity contribution is 6.18. The van der Waals surface area contributed by atoms with Gasteiger partial charge in [-0.1, -0.05) is 60.7 Å². The van der Waals surface area contributed by atoms with E-state index in [9.17, 15) is 4.79 Å². The monoisotopic (exact) mass is 415 g/mol.